The van der Waals surface area contributed by atoms with Crippen molar-refractivity contribution in [2.75, 3.05) is 11.9 Å². The van der Waals surface area contributed by atoms with E-state index in [0.717, 1.165) is 27.4 Å². The molecule has 1 aromatic heterocycles. The predicted molar refractivity (Wildman–Crippen MR) is 94.0 cm³/mol. The highest BCUT2D eigenvalue weighted by Crippen LogP contribution is 2.30. The highest BCUT2D eigenvalue weighted by Gasteiger charge is 2.17. The van der Waals surface area contributed by atoms with Crippen LogP contribution in [0.25, 0.3) is 0 Å². The van der Waals surface area contributed by atoms with E-state index in [9.17, 15) is 4.79 Å². The molecule has 2 heterocycles. The van der Waals surface area contributed by atoms with Gasteiger partial charge in [0.25, 0.3) is 0 Å². The third-order valence-corrected chi connectivity index (χ3v) is 5.62. The summed E-state index contributed by atoms with van der Waals surface area (Å²) in [6.07, 6.45) is 0.402. The Morgan fingerprint density at radius 1 is 1.32 bits per heavy atom. The van der Waals surface area contributed by atoms with Gasteiger partial charge >= 0.3 is 0 Å². The first kappa shape index (κ1) is 15.7. The van der Waals surface area contributed by atoms with Crippen LogP contribution in [0.5, 0.6) is 0 Å². The Labute approximate surface area is 142 Å². The van der Waals surface area contributed by atoms with Gasteiger partial charge in [-0.25, -0.2) is 0 Å². The summed E-state index contributed by atoms with van der Waals surface area (Å²) in [5.41, 5.74) is 9.26. The smallest absolute Gasteiger partial charge is 0.225 e. The summed E-state index contributed by atoms with van der Waals surface area (Å²) in [6.45, 7) is 2.24. The van der Waals surface area contributed by atoms with Crippen LogP contribution in [0.2, 0.25) is 0 Å². The first-order valence-electron chi connectivity index (χ1n) is 7.23. The maximum atomic E-state index is 12.3. The third-order valence-electron chi connectivity index (χ3n) is 3.83. The van der Waals surface area contributed by atoms with Crippen LogP contribution in [0.3, 0.4) is 0 Å². The normalized spacial score (nSPS) is 14.6. The van der Waals surface area contributed by atoms with E-state index < -0.39 is 0 Å². The zero-order valence-corrected chi connectivity index (χ0v) is 14.5. The number of carbonyl (C=O) groups is 1. The molecule has 0 fully saturated rings. The summed E-state index contributed by atoms with van der Waals surface area (Å²) in [4.78, 5) is 13.4. The lowest BCUT2D eigenvalue weighted by Gasteiger charge is -2.13. The molecule has 1 aliphatic rings. The zero-order valence-electron chi connectivity index (χ0n) is 12.1. The monoisotopic (exact) mass is 379 g/mol. The average molecular weight is 380 g/mol. The Morgan fingerprint density at radius 3 is 2.86 bits per heavy atom. The van der Waals surface area contributed by atoms with Gasteiger partial charge in [0.15, 0.2) is 0 Å². The van der Waals surface area contributed by atoms with Crippen molar-refractivity contribution in [2.45, 2.75) is 25.4 Å². The average Bonchev–Trinajstić information content (AvgIpc) is 3.13. The molecular formula is C16H18BrN3OS. The zero-order chi connectivity index (χ0) is 15.5. The molecule has 6 heteroatoms. The number of thiophene rings is 1. The number of halogens is 1. The van der Waals surface area contributed by atoms with Gasteiger partial charge < -0.3 is 16.4 Å². The first-order valence-corrected chi connectivity index (χ1v) is 8.84. The van der Waals surface area contributed by atoms with Crippen LogP contribution >= 0.6 is 27.3 Å². The summed E-state index contributed by atoms with van der Waals surface area (Å²) in [5, 5.41) is 6.28. The number of nitrogens with one attached hydrogen (secondary N) is 2. The summed E-state index contributed by atoms with van der Waals surface area (Å²) in [6, 6.07) is 10.1. The van der Waals surface area contributed by atoms with Gasteiger partial charge in [0.05, 0.1) is 3.79 Å². The SMILES string of the molecule is NCC(CC(=O)Nc1ccc2c(c1)CNC2)c1ccc(Br)s1. The number of nitrogens with two attached hydrogens (primary N) is 1. The van der Waals surface area contributed by atoms with Crippen molar-refractivity contribution < 1.29 is 4.79 Å². The van der Waals surface area contributed by atoms with Crippen LogP contribution in [-0.2, 0) is 17.9 Å². The highest BCUT2D eigenvalue weighted by molar-refractivity contribution is 9.11. The molecule has 4 N–H and O–H groups in total. The molecule has 22 heavy (non-hydrogen) atoms. The fraction of sp³-hybridized carbons (Fsp3) is 0.312. The van der Waals surface area contributed by atoms with Crippen LogP contribution in [0.1, 0.15) is 28.3 Å². The van der Waals surface area contributed by atoms with E-state index in [1.807, 2.05) is 24.3 Å². The molecule has 1 aliphatic heterocycles. The minimum absolute atomic E-state index is 0.00544. The van der Waals surface area contributed by atoms with Gasteiger partial charge in [-0.3, -0.25) is 4.79 Å². The van der Waals surface area contributed by atoms with E-state index in [2.05, 4.69) is 32.6 Å². The maximum Gasteiger partial charge on any atom is 0.225 e. The van der Waals surface area contributed by atoms with Crippen LogP contribution in [0, 0.1) is 0 Å². The van der Waals surface area contributed by atoms with E-state index in [4.69, 9.17) is 5.73 Å². The Balaban J connectivity index is 1.64. The van der Waals surface area contributed by atoms with Crippen LogP contribution in [0.4, 0.5) is 5.69 Å². The molecule has 116 valence electrons. The fourth-order valence-corrected chi connectivity index (χ4v) is 4.19. The molecular weight excluding hydrogens is 362 g/mol. The number of anilines is 1. The molecule has 0 bridgehead atoms. The number of amides is 1. The minimum atomic E-state index is 0.00544. The minimum Gasteiger partial charge on any atom is -0.330 e. The molecule has 4 nitrogen and oxygen atoms in total. The molecule has 3 rings (SSSR count). The Kier molecular flexibility index (Phi) is 4.93. The Morgan fingerprint density at radius 2 is 2.14 bits per heavy atom. The van der Waals surface area contributed by atoms with Crippen molar-refractivity contribution in [3.63, 3.8) is 0 Å². The molecule has 0 saturated carbocycles. The number of fused-ring (bicyclic) bond motifs is 1. The largest absolute Gasteiger partial charge is 0.330 e. The van der Waals surface area contributed by atoms with E-state index in [1.54, 1.807) is 11.3 Å². The van der Waals surface area contributed by atoms with Crippen molar-refractivity contribution in [1.29, 1.82) is 0 Å². The Bertz CT molecular complexity index is 686. The lowest BCUT2D eigenvalue weighted by molar-refractivity contribution is -0.116. The molecule has 0 aliphatic carbocycles. The molecule has 0 spiro atoms. The maximum absolute atomic E-state index is 12.3. The molecule has 2 aromatic rings. The quantitative estimate of drug-likeness (QED) is 0.747. The fourth-order valence-electron chi connectivity index (χ4n) is 2.66. The molecule has 1 unspecified atom stereocenters. The summed E-state index contributed by atoms with van der Waals surface area (Å²) >= 11 is 5.08. The number of hydrogen-bond donors (Lipinski definition) is 3. The van der Waals surface area contributed by atoms with Gasteiger partial charge in [0.2, 0.25) is 5.91 Å². The standard InChI is InChI=1S/C16H18BrN3OS/c17-15-4-3-14(22-15)11(7-18)6-16(21)20-13-2-1-10-8-19-9-12(10)5-13/h1-5,11,19H,6-9,18H2,(H,20,21). The molecule has 1 atom stereocenters. The van der Waals surface area contributed by atoms with Crippen LogP contribution in [-0.4, -0.2) is 12.5 Å². The van der Waals surface area contributed by atoms with Gasteiger partial charge in [0.1, 0.15) is 0 Å². The van der Waals surface area contributed by atoms with Gasteiger partial charge in [-0.15, -0.1) is 11.3 Å². The highest BCUT2D eigenvalue weighted by atomic mass is 79.9. The van der Waals surface area contributed by atoms with Crippen LogP contribution in [0.15, 0.2) is 34.1 Å². The topological polar surface area (TPSA) is 67.2 Å². The lowest BCUT2D eigenvalue weighted by Crippen LogP contribution is -2.20. The number of hydrogen-bond acceptors (Lipinski definition) is 4. The summed E-state index contributed by atoms with van der Waals surface area (Å²) in [7, 11) is 0. The van der Waals surface area contributed by atoms with E-state index >= 15 is 0 Å². The summed E-state index contributed by atoms with van der Waals surface area (Å²) in [5.74, 6) is 0.0678. The van der Waals surface area contributed by atoms with Gasteiger partial charge in [0, 0.05) is 42.5 Å². The third kappa shape index (κ3) is 3.57. The van der Waals surface area contributed by atoms with Crippen molar-refractivity contribution >= 4 is 38.9 Å². The van der Waals surface area contributed by atoms with Gasteiger partial charge in [-0.05, 0) is 51.3 Å². The number of benzene rings is 1. The van der Waals surface area contributed by atoms with Gasteiger partial charge in [-0.2, -0.15) is 0 Å². The van der Waals surface area contributed by atoms with E-state index in [1.165, 1.54) is 11.1 Å². The second-order valence-corrected chi connectivity index (χ2v) is 7.91. The molecule has 1 aromatic carbocycles. The van der Waals surface area contributed by atoms with E-state index in [0.29, 0.717) is 13.0 Å². The van der Waals surface area contributed by atoms with Crippen molar-refractivity contribution in [3.05, 3.63) is 50.1 Å². The summed E-state index contributed by atoms with van der Waals surface area (Å²) < 4.78 is 1.06. The van der Waals surface area contributed by atoms with Crippen molar-refractivity contribution in [3.8, 4) is 0 Å². The lowest BCUT2D eigenvalue weighted by atomic mass is 10.0. The Hall–Kier alpha value is -1.21. The molecule has 0 radical (unpaired) electrons. The predicted octanol–water partition coefficient (Wildman–Crippen LogP) is 3.18. The molecule has 0 saturated heterocycles. The van der Waals surface area contributed by atoms with E-state index in [-0.39, 0.29) is 11.8 Å². The van der Waals surface area contributed by atoms with Crippen molar-refractivity contribution in [1.82, 2.24) is 5.32 Å². The van der Waals surface area contributed by atoms with Crippen molar-refractivity contribution in [2.24, 2.45) is 5.73 Å². The van der Waals surface area contributed by atoms with Gasteiger partial charge in [-0.1, -0.05) is 6.07 Å². The first-order chi connectivity index (χ1) is 10.7. The second-order valence-electron chi connectivity index (χ2n) is 5.41. The number of rotatable bonds is 5. The molecule has 1 amide bonds. The van der Waals surface area contributed by atoms with Crippen LogP contribution < -0.4 is 16.4 Å². The second kappa shape index (κ2) is 6.91. The number of carbonyl (C=O) groups excluding carboxylic acids is 1.